The number of fused-ring (bicyclic) bond motifs is 1. The molecule has 1 nitrogen and oxygen atoms in total. The van der Waals surface area contributed by atoms with Gasteiger partial charge in [-0.15, -0.1) is 0 Å². The van der Waals surface area contributed by atoms with Crippen molar-refractivity contribution in [1.82, 2.24) is 5.32 Å². The third kappa shape index (κ3) is 2.13. The van der Waals surface area contributed by atoms with Gasteiger partial charge in [0.25, 0.3) is 0 Å². The van der Waals surface area contributed by atoms with E-state index in [0.29, 0.717) is 5.41 Å². The van der Waals surface area contributed by atoms with Crippen LogP contribution in [0.2, 0.25) is 0 Å². The largest absolute Gasteiger partial charge is 0.316 e. The molecule has 1 fully saturated rings. The molecule has 1 aliphatic carbocycles. The SMILES string of the molecule is CCCC1(Cc2ccc3c(c2)CCC3)CNC1. The van der Waals surface area contributed by atoms with Gasteiger partial charge in [-0.05, 0) is 54.2 Å². The summed E-state index contributed by atoms with van der Waals surface area (Å²) in [6.45, 7) is 4.75. The van der Waals surface area contributed by atoms with Crippen LogP contribution in [0.5, 0.6) is 0 Å². The van der Waals surface area contributed by atoms with Crippen molar-refractivity contribution in [3.8, 4) is 0 Å². The van der Waals surface area contributed by atoms with E-state index in [1.165, 1.54) is 51.6 Å². The minimum Gasteiger partial charge on any atom is -0.316 e. The second-order valence-electron chi connectivity index (χ2n) is 5.99. The zero-order chi connectivity index (χ0) is 11.7. The van der Waals surface area contributed by atoms with E-state index in [0.717, 1.165) is 0 Å². The average molecular weight is 229 g/mol. The Hall–Kier alpha value is -0.820. The van der Waals surface area contributed by atoms with Gasteiger partial charge in [-0.25, -0.2) is 0 Å². The molecule has 3 rings (SSSR count). The fraction of sp³-hybridized carbons (Fsp3) is 0.625. The lowest BCUT2D eigenvalue weighted by atomic mass is 9.73. The topological polar surface area (TPSA) is 12.0 Å². The fourth-order valence-corrected chi connectivity index (χ4v) is 3.57. The Morgan fingerprint density at radius 1 is 1.18 bits per heavy atom. The molecule has 0 unspecified atom stereocenters. The van der Waals surface area contributed by atoms with E-state index >= 15 is 0 Å². The zero-order valence-electron chi connectivity index (χ0n) is 10.9. The smallest absolute Gasteiger partial charge is 0.00234 e. The van der Waals surface area contributed by atoms with Crippen LogP contribution in [0.3, 0.4) is 0 Å². The summed E-state index contributed by atoms with van der Waals surface area (Å²) in [4.78, 5) is 0. The number of nitrogens with one attached hydrogen (secondary N) is 1. The molecule has 1 heteroatoms. The lowest BCUT2D eigenvalue weighted by Gasteiger charge is -2.43. The Balaban J connectivity index is 1.76. The molecule has 0 radical (unpaired) electrons. The van der Waals surface area contributed by atoms with Crippen molar-refractivity contribution in [2.75, 3.05) is 13.1 Å². The van der Waals surface area contributed by atoms with Crippen molar-refractivity contribution in [2.45, 2.75) is 45.4 Å². The molecule has 0 spiro atoms. The minimum absolute atomic E-state index is 0.571. The van der Waals surface area contributed by atoms with E-state index in [9.17, 15) is 0 Å². The Morgan fingerprint density at radius 2 is 2.00 bits per heavy atom. The van der Waals surface area contributed by atoms with E-state index in [4.69, 9.17) is 0 Å². The second-order valence-corrected chi connectivity index (χ2v) is 5.99. The molecular formula is C16H23N. The first-order valence-electron chi connectivity index (χ1n) is 7.13. The molecular weight excluding hydrogens is 206 g/mol. The Bertz CT molecular complexity index is 404. The third-order valence-electron chi connectivity index (χ3n) is 4.52. The standard InChI is InChI=1S/C16H23N/c1-2-8-16(11-17-12-16)10-13-6-7-14-4-3-5-15(14)9-13/h6-7,9,17H,2-5,8,10-12H2,1H3. The number of hydrogen-bond acceptors (Lipinski definition) is 1. The zero-order valence-corrected chi connectivity index (χ0v) is 10.9. The van der Waals surface area contributed by atoms with Crippen LogP contribution in [0.25, 0.3) is 0 Å². The summed E-state index contributed by atoms with van der Waals surface area (Å²) < 4.78 is 0. The number of aryl methyl sites for hydroxylation is 2. The van der Waals surface area contributed by atoms with Crippen LogP contribution in [0.15, 0.2) is 18.2 Å². The molecule has 2 aliphatic rings. The van der Waals surface area contributed by atoms with Gasteiger partial charge in [0.05, 0.1) is 0 Å². The van der Waals surface area contributed by atoms with Crippen molar-refractivity contribution in [2.24, 2.45) is 5.41 Å². The molecule has 1 heterocycles. The predicted octanol–water partition coefficient (Wildman–Crippen LogP) is 3.11. The summed E-state index contributed by atoms with van der Waals surface area (Å²) in [5.74, 6) is 0. The molecule has 1 saturated heterocycles. The monoisotopic (exact) mass is 229 g/mol. The number of hydrogen-bond donors (Lipinski definition) is 1. The highest BCUT2D eigenvalue weighted by molar-refractivity contribution is 5.36. The molecule has 0 atom stereocenters. The highest BCUT2D eigenvalue weighted by Gasteiger charge is 2.35. The highest BCUT2D eigenvalue weighted by Crippen LogP contribution is 2.34. The number of rotatable bonds is 4. The summed E-state index contributed by atoms with van der Waals surface area (Å²) in [5.41, 5.74) is 5.37. The first-order chi connectivity index (χ1) is 8.31. The molecule has 17 heavy (non-hydrogen) atoms. The lowest BCUT2D eigenvalue weighted by molar-refractivity contribution is 0.151. The molecule has 1 aromatic rings. The summed E-state index contributed by atoms with van der Waals surface area (Å²) in [6.07, 6.45) is 7.94. The maximum Gasteiger partial charge on any atom is 0.00234 e. The first-order valence-corrected chi connectivity index (χ1v) is 7.13. The minimum atomic E-state index is 0.571. The van der Waals surface area contributed by atoms with Gasteiger partial charge in [0, 0.05) is 13.1 Å². The van der Waals surface area contributed by atoms with Crippen molar-refractivity contribution in [3.05, 3.63) is 34.9 Å². The van der Waals surface area contributed by atoms with E-state index < -0.39 is 0 Å². The van der Waals surface area contributed by atoms with Gasteiger partial charge in [-0.1, -0.05) is 31.5 Å². The molecule has 0 bridgehead atoms. The molecule has 1 aromatic carbocycles. The molecule has 92 valence electrons. The van der Waals surface area contributed by atoms with E-state index in [1.54, 1.807) is 16.7 Å². The van der Waals surface area contributed by atoms with Crippen LogP contribution in [0, 0.1) is 5.41 Å². The van der Waals surface area contributed by atoms with Crippen LogP contribution in [-0.2, 0) is 19.3 Å². The van der Waals surface area contributed by atoms with Gasteiger partial charge >= 0.3 is 0 Å². The molecule has 0 amide bonds. The van der Waals surface area contributed by atoms with E-state index in [1.807, 2.05) is 0 Å². The van der Waals surface area contributed by atoms with Gasteiger partial charge in [0.1, 0.15) is 0 Å². The van der Waals surface area contributed by atoms with Crippen molar-refractivity contribution < 1.29 is 0 Å². The molecule has 1 aliphatic heterocycles. The summed E-state index contributed by atoms with van der Waals surface area (Å²) in [6, 6.07) is 7.24. The van der Waals surface area contributed by atoms with Gasteiger partial charge in [0.2, 0.25) is 0 Å². The first kappa shape index (κ1) is 11.3. The van der Waals surface area contributed by atoms with Gasteiger partial charge in [-0.2, -0.15) is 0 Å². The van der Waals surface area contributed by atoms with Crippen LogP contribution >= 0.6 is 0 Å². The van der Waals surface area contributed by atoms with Crippen LogP contribution in [0.4, 0.5) is 0 Å². The summed E-state index contributed by atoms with van der Waals surface area (Å²) >= 11 is 0. The van der Waals surface area contributed by atoms with Crippen molar-refractivity contribution >= 4 is 0 Å². The second kappa shape index (κ2) is 4.45. The predicted molar refractivity (Wildman–Crippen MR) is 72.4 cm³/mol. The molecule has 0 saturated carbocycles. The van der Waals surface area contributed by atoms with Gasteiger partial charge in [-0.3, -0.25) is 0 Å². The van der Waals surface area contributed by atoms with E-state index in [2.05, 4.69) is 30.4 Å². The molecule has 0 aromatic heterocycles. The highest BCUT2D eigenvalue weighted by atomic mass is 15.0. The van der Waals surface area contributed by atoms with Crippen LogP contribution < -0.4 is 5.32 Å². The summed E-state index contributed by atoms with van der Waals surface area (Å²) in [5, 5.41) is 3.46. The Labute approximate surface area is 105 Å². The maximum atomic E-state index is 3.46. The number of benzene rings is 1. The van der Waals surface area contributed by atoms with Gasteiger partial charge < -0.3 is 5.32 Å². The Morgan fingerprint density at radius 3 is 2.71 bits per heavy atom. The van der Waals surface area contributed by atoms with Crippen LogP contribution in [0.1, 0.15) is 42.9 Å². The fourth-order valence-electron chi connectivity index (χ4n) is 3.57. The van der Waals surface area contributed by atoms with Crippen molar-refractivity contribution in [1.29, 1.82) is 0 Å². The summed E-state index contributed by atoms with van der Waals surface area (Å²) in [7, 11) is 0. The quantitative estimate of drug-likeness (QED) is 0.836. The molecule has 1 N–H and O–H groups in total. The van der Waals surface area contributed by atoms with Crippen molar-refractivity contribution in [3.63, 3.8) is 0 Å². The maximum absolute atomic E-state index is 3.46. The Kier molecular flexibility index (Phi) is 2.96. The third-order valence-corrected chi connectivity index (χ3v) is 4.52. The van der Waals surface area contributed by atoms with Crippen LogP contribution in [-0.4, -0.2) is 13.1 Å². The lowest BCUT2D eigenvalue weighted by Crippen LogP contribution is -2.54. The average Bonchev–Trinajstić information content (AvgIpc) is 2.73. The normalized spacial score (nSPS) is 21.0. The van der Waals surface area contributed by atoms with E-state index in [-0.39, 0.29) is 0 Å². The van der Waals surface area contributed by atoms with Gasteiger partial charge in [0.15, 0.2) is 0 Å².